The zero-order chi connectivity index (χ0) is 31.9. The lowest BCUT2D eigenvalue weighted by molar-refractivity contribution is 0.450. The highest BCUT2D eigenvalue weighted by atomic mass is 32.2. The van der Waals surface area contributed by atoms with Crippen LogP contribution in [-0.4, -0.2) is 35.9 Å². The molecule has 0 aliphatic carbocycles. The van der Waals surface area contributed by atoms with Crippen molar-refractivity contribution < 1.29 is 30.7 Å². The fraction of sp³-hybridized carbons (Fsp3) is 0. The Balaban J connectivity index is 1.41. The zero-order valence-corrected chi connectivity index (χ0v) is 24.8. The van der Waals surface area contributed by atoms with Crippen LogP contribution >= 0.6 is 0 Å². The molecule has 11 nitrogen and oxygen atoms in total. The van der Waals surface area contributed by atoms with Crippen LogP contribution in [0.15, 0.2) is 119 Å². The van der Waals surface area contributed by atoms with Crippen molar-refractivity contribution in [3.63, 3.8) is 0 Å². The second-order valence-corrected chi connectivity index (χ2v) is 12.9. The Morgan fingerprint density at radius 1 is 0.533 bits per heavy atom. The van der Waals surface area contributed by atoms with Crippen LogP contribution in [0.3, 0.4) is 0 Å². The van der Waals surface area contributed by atoms with Gasteiger partial charge in [0.05, 0.1) is 27.3 Å². The van der Waals surface area contributed by atoms with Gasteiger partial charge in [0.1, 0.15) is 16.4 Å². The number of nitrogens with two attached hydrogens (primary N) is 2. The Morgan fingerprint density at radius 2 is 1.04 bits per heavy atom. The van der Waals surface area contributed by atoms with E-state index in [1.807, 2.05) is 24.3 Å². The standard InChI is InChI=1S/C32H24N4O7S2/c33-23-8-1-20(2-9-23)31-32(21-3-10-24(34)11-4-21)36-28-18-25(12-15-27(28)35-31)43-29-16-7-22(17-30(29)45(40,41)42)19-5-13-26(14-6-19)44(37,38)39/h1-18H,33-34H2,(H,37,38,39)(H,40,41,42). The van der Waals surface area contributed by atoms with E-state index in [9.17, 15) is 25.9 Å². The Bertz CT molecular complexity index is 2290. The summed E-state index contributed by atoms with van der Waals surface area (Å²) in [7, 11) is -9.16. The second kappa shape index (κ2) is 11.3. The monoisotopic (exact) mass is 640 g/mol. The minimum Gasteiger partial charge on any atom is -0.456 e. The first-order chi connectivity index (χ1) is 21.3. The molecule has 6 N–H and O–H groups in total. The highest BCUT2D eigenvalue weighted by Gasteiger charge is 2.20. The normalized spacial score (nSPS) is 11.9. The van der Waals surface area contributed by atoms with Gasteiger partial charge in [-0.3, -0.25) is 9.11 Å². The number of nitrogens with zero attached hydrogens (tertiary/aromatic N) is 2. The van der Waals surface area contributed by atoms with Crippen molar-refractivity contribution in [2.45, 2.75) is 9.79 Å². The first-order valence-electron chi connectivity index (χ1n) is 13.3. The molecule has 6 aromatic rings. The van der Waals surface area contributed by atoms with Crippen molar-refractivity contribution in [2.75, 3.05) is 11.5 Å². The summed E-state index contributed by atoms with van der Waals surface area (Å²) >= 11 is 0. The van der Waals surface area contributed by atoms with E-state index >= 15 is 0 Å². The highest BCUT2D eigenvalue weighted by molar-refractivity contribution is 7.86. The molecule has 0 bridgehead atoms. The van der Waals surface area contributed by atoms with Crippen molar-refractivity contribution in [1.29, 1.82) is 0 Å². The van der Waals surface area contributed by atoms with E-state index in [4.69, 9.17) is 26.2 Å². The van der Waals surface area contributed by atoms with Crippen LogP contribution in [0.2, 0.25) is 0 Å². The van der Waals surface area contributed by atoms with Gasteiger partial charge < -0.3 is 16.2 Å². The molecule has 0 aliphatic rings. The molecule has 0 amide bonds. The van der Waals surface area contributed by atoms with Gasteiger partial charge in [-0.15, -0.1) is 0 Å². The lowest BCUT2D eigenvalue weighted by Crippen LogP contribution is -2.02. The quantitative estimate of drug-likeness (QED) is 0.117. The molecule has 13 heteroatoms. The average Bonchev–Trinajstić information content (AvgIpc) is 3.00. The maximum atomic E-state index is 12.4. The first-order valence-corrected chi connectivity index (χ1v) is 16.1. The van der Waals surface area contributed by atoms with Crippen LogP contribution in [-0.2, 0) is 20.2 Å². The van der Waals surface area contributed by atoms with Crippen LogP contribution in [0, 0.1) is 0 Å². The lowest BCUT2D eigenvalue weighted by atomic mass is 10.0. The molecule has 0 fully saturated rings. The largest absolute Gasteiger partial charge is 0.456 e. The summed E-state index contributed by atoms with van der Waals surface area (Å²) in [5.41, 5.74) is 17.6. The van der Waals surface area contributed by atoms with Gasteiger partial charge in [0.2, 0.25) is 0 Å². The second-order valence-electron chi connectivity index (χ2n) is 10.1. The fourth-order valence-electron chi connectivity index (χ4n) is 4.70. The number of hydrogen-bond acceptors (Lipinski definition) is 9. The Kier molecular flexibility index (Phi) is 7.46. The third-order valence-corrected chi connectivity index (χ3v) is 8.68. The number of nitrogen functional groups attached to an aromatic ring is 2. The van der Waals surface area contributed by atoms with E-state index in [1.54, 1.807) is 48.5 Å². The third-order valence-electron chi connectivity index (χ3n) is 6.94. The van der Waals surface area contributed by atoms with Gasteiger partial charge in [-0.25, -0.2) is 9.97 Å². The van der Waals surface area contributed by atoms with Crippen LogP contribution < -0.4 is 16.2 Å². The van der Waals surface area contributed by atoms with Gasteiger partial charge in [0, 0.05) is 28.6 Å². The molecule has 0 atom stereocenters. The van der Waals surface area contributed by atoms with E-state index in [-0.39, 0.29) is 16.4 Å². The number of ether oxygens (including phenoxy) is 1. The maximum absolute atomic E-state index is 12.4. The predicted octanol–water partition coefficient (Wildman–Crippen LogP) is 6.08. The van der Waals surface area contributed by atoms with Crippen molar-refractivity contribution in [1.82, 2.24) is 9.97 Å². The van der Waals surface area contributed by atoms with Crippen LogP contribution in [0.25, 0.3) is 44.7 Å². The Labute approximate surface area is 258 Å². The number of rotatable bonds is 7. The van der Waals surface area contributed by atoms with Crippen molar-refractivity contribution >= 4 is 42.6 Å². The molecule has 45 heavy (non-hydrogen) atoms. The van der Waals surface area contributed by atoms with E-state index in [0.717, 1.165) is 11.1 Å². The molecule has 1 heterocycles. The van der Waals surface area contributed by atoms with Gasteiger partial charge in [-0.05, 0) is 71.8 Å². The minimum atomic E-state index is -4.75. The number of hydrogen-bond donors (Lipinski definition) is 4. The molecule has 0 unspecified atom stereocenters. The van der Waals surface area contributed by atoms with Crippen molar-refractivity contribution in [3.8, 4) is 45.1 Å². The molecule has 0 spiro atoms. The molecule has 6 rings (SSSR count). The van der Waals surface area contributed by atoms with Gasteiger partial charge in [0.25, 0.3) is 20.2 Å². The third kappa shape index (κ3) is 6.32. The van der Waals surface area contributed by atoms with Crippen molar-refractivity contribution in [3.05, 3.63) is 109 Å². The molecule has 0 radical (unpaired) electrons. The summed E-state index contributed by atoms with van der Waals surface area (Å²) < 4.78 is 72.7. The molecule has 0 saturated carbocycles. The number of anilines is 2. The minimum absolute atomic E-state index is 0.152. The molecule has 1 aromatic heterocycles. The predicted molar refractivity (Wildman–Crippen MR) is 171 cm³/mol. The molecule has 226 valence electrons. The van der Waals surface area contributed by atoms with Crippen LogP contribution in [0.5, 0.6) is 11.5 Å². The SMILES string of the molecule is Nc1ccc(-c2nc3ccc(Oc4ccc(-c5ccc(S(=O)(=O)O)cc5)cc4S(=O)(=O)O)cc3nc2-c2ccc(N)cc2)cc1. The summed E-state index contributed by atoms with van der Waals surface area (Å²) in [6, 6.07) is 28.6. The van der Waals surface area contributed by atoms with Crippen LogP contribution in [0.4, 0.5) is 11.4 Å². The number of aromatic nitrogens is 2. The molecule has 5 aromatic carbocycles. The molecular weight excluding hydrogens is 617 g/mol. The summed E-state index contributed by atoms with van der Waals surface area (Å²) in [5.74, 6) is 0.0795. The van der Waals surface area contributed by atoms with Crippen molar-refractivity contribution in [2.24, 2.45) is 0 Å². The lowest BCUT2D eigenvalue weighted by Gasteiger charge is -2.14. The molecular formula is C32H24N4O7S2. The van der Waals surface area contributed by atoms with Gasteiger partial charge >= 0.3 is 0 Å². The smallest absolute Gasteiger partial charge is 0.298 e. The average molecular weight is 641 g/mol. The van der Waals surface area contributed by atoms with Gasteiger partial charge in [-0.1, -0.05) is 42.5 Å². The Hall–Kier alpha value is -5.34. The summed E-state index contributed by atoms with van der Waals surface area (Å²) in [4.78, 5) is 8.92. The summed E-state index contributed by atoms with van der Waals surface area (Å²) in [6.45, 7) is 0. The fourth-order valence-corrected chi connectivity index (χ4v) is 5.82. The molecule has 0 saturated heterocycles. The zero-order valence-electron chi connectivity index (χ0n) is 23.2. The van der Waals surface area contributed by atoms with E-state index in [1.165, 1.54) is 36.4 Å². The number of fused-ring (bicyclic) bond motifs is 1. The van der Waals surface area contributed by atoms with Gasteiger partial charge in [0.15, 0.2) is 0 Å². The topological polar surface area (TPSA) is 196 Å². The van der Waals surface area contributed by atoms with E-state index in [0.29, 0.717) is 44.9 Å². The van der Waals surface area contributed by atoms with E-state index < -0.39 is 25.1 Å². The summed E-state index contributed by atoms with van der Waals surface area (Å²) in [6.07, 6.45) is 0. The molecule has 0 aliphatic heterocycles. The first kappa shape index (κ1) is 29.7. The Morgan fingerprint density at radius 3 is 1.58 bits per heavy atom. The number of benzene rings is 5. The highest BCUT2D eigenvalue weighted by Crippen LogP contribution is 2.36. The van der Waals surface area contributed by atoms with Crippen LogP contribution in [0.1, 0.15) is 0 Å². The van der Waals surface area contributed by atoms with Gasteiger partial charge in [-0.2, -0.15) is 16.8 Å². The van der Waals surface area contributed by atoms with E-state index in [2.05, 4.69) is 0 Å². The summed E-state index contributed by atoms with van der Waals surface area (Å²) in [5, 5.41) is 0. The maximum Gasteiger partial charge on any atom is 0.298 e.